The van der Waals surface area contributed by atoms with E-state index in [2.05, 4.69) is 18.6 Å². The highest BCUT2D eigenvalue weighted by Crippen LogP contribution is 2.39. The summed E-state index contributed by atoms with van der Waals surface area (Å²) in [6.07, 6.45) is 4.23. The average Bonchev–Trinajstić information content (AvgIpc) is 3.19. The lowest BCUT2D eigenvalue weighted by Gasteiger charge is -2.40. The third kappa shape index (κ3) is 3.52. The first-order valence-corrected chi connectivity index (χ1v) is 10.5. The highest BCUT2D eigenvalue weighted by molar-refractivity contribution is 7.90. The van der Waals surface area contributed by atoms with Crippen LogP contribution < -0.4 is 4.72 Å². The summed E-state index contributed by atoms with van der Waals surface area (Å²) in [4.78, 5) is 19.2. The van der Waals surface area contributed by atoms with E-state index >= 15 is 0 Å². The molecule has 3 aliphatic rings. The molecule has 0 aromatic rings. The third-order valence-corrected chi connectivity index (χ3v) is 7.62. The molecule has 24 heavy (non-hydrogen) atoms. The summed E-state index contributed by atoms with van der Waals surface area (Å²) < 4.78 is 28.1. The smallest absolute Gasteiger partial charge is 0.232 e. The van der Waals surface area contributed by atoms with Crippen molar-refractivity contribution in [1.82, 2.24) is 9.62 Å². The summed E-state index contributed by atoms with van der Waals surface area (Å²) in [5, 5.41) is -0.477. The van der Waals surface area contributed by atoms with Gasteiger partial charge in [0.2, 0.25) is 15.9 Å². The van der Waals surface area contributed by atoms with Gasteiger partial charge >= 0.3 is 0 Å². The highest BCUT2D eigenvalue weighted by Gasteiger charge is 2.47. The van der Waals surface area contributed by atoms with Gasteiger partial charge in [-0.2, -0.15) is 0 Å². The molecule has 0 aromatic carbocycles. The predicted octanol–water partition coefficient (Wildman–Crippen LogP) is 1.91. The number of sulfonamides is 1. The highest BCUT2D eigenvalue weighted by atomic mass is 32.2. The minimum absolute atomic E-state index is 0.0307. The van der Waals surface area contributed by atoms with Crippen LogP contribution in [-0.4, -0.2) is 48.9 Å². The van der Waals surface area contributed by atoms with E-state index in [1.807, 2.05) is 6.92 Å². The Labute approximate surface area is 145 Å². The second-order valence-corrected chi connectivity index (χ2v) is 10.3. The van der Waals surface area contributed by atoms with Crippen LogP contribution in [0.3, 0.4) is 0 Å². The summed E-state index contributed by atoms with van der Waals surface area (Å²) in [5.74, 6) is 1.02. The lowest BCUT2D eigenvalue weighted by Crippen LogP contribution is -2.52. The molecule has 136 valence electrons. The van der Waals surface area contributed by atoms with Crippen molar-refractivity contribution in [2.24, 2.45) is 16.8 Å². The quantitative estimate of drug-likeness (QED) is 0.818. The fraction of sp³-hybridized carbons (Fsp3) is 0.882. The maximum Gasteiger partial charge on any atom is 0.232 e. The molecule has 1 N–H and O–H groups in total. The van der Waals surface area contributed by atoms with Crippen LogP contribution in [0.1, 0.15) is 59.3 Å². The van der Waals surface area contributed by atoms with E-state index in [0.717, 1.165) is 25.1 Å². The van der Waals surface area contributed by atoms with Gasteiger partial charge in [-0.05, 0) is 44.9 Å². The molecule has 2 aliphatic carbocycles. The number of carbonyl (C=O) groups excluding carboxylic acids is 1. The van der Waals surface area contributed by atoms with Crippen molar-refractivity contribution >= 4 is 21.8 Å². The summed E-state index contributed by atoms with van der Waals surface area (Å²) in [6, 6.07) is -0.0505. The fourth-order valence-electron chi connectivity index (χ4n) is 3.74. The van der Waals surface area contributed by atoms with Gasteiger partial charge < -0.3 is 4.90 Å². The van der Waals surface area contributed by atoms with E-state index in [4.69, 9.17) is 4.99 Å². The van der Waals surface area contributed by atoms with E-state index in [1.54, 1.807) is 11.9 Å². The largest absolute Gasteiger partial charge is 0.303 e. The molecule has 0 saturated heterocycles. The van der Waals surface area contributed by atoms with Crippen molar-refractivity contribution in [2.45, 2.75) is 76.1 Å². The zero-order valence-electron chi connectivity index (χ0n) is 15.1. The third-order valence-electron chi connectivity index (χ3n) is 5.53. The zero-order chi connectivity index (χ0) is 17.7. The molecule has 1 amide bonds. The van der Waals surface area contributed by atoms with Crippen LogP contribution in [0, 0.1) is 11.8 Å². The lowest BCUT2D eigenvalue weighted by atomic mass is 9.82. The summed E-state index contributed by atoms with van der Waals surface area (Å²) in [6.45, 7) is 6.17. The van der Waals surface area contributed by atoms with E-state index in [9.17, 15) is 13.2 Å². The number of carbonyl (C=O) groups is 1. The molecule has 2 saturated carbocycles. The van der Waals surface area contributed by atoms with Crippen molar-refractivity contribution in [3.05, 3.63) is 0 Å². The minimum Gasteiger partial charge on any atom is -0.303 e. The van der Waals surface area contributed by atoms with E-state index in [0.29, 0.717) is 25.2 Å². The Hall–Kier alpha value is -0.950. The van der Waals surface area contributed by atoms with Crippen LogP contribution in [0.5, 0.6) is 0 Å². The van der Waals surface area contributed by atoms with E-state index in [-0.39, 0.29) is 23.4 Å². The number of amides is 1. The van der Waals surface area contributed by atoms with Gasteiger partial charge in [0.1, 0.15) is 5.84 Å². The number of aliphatic imine (C=N–C) groups is 1. The van der Waals surface area contributed by atoms with Crippen molar-refractivity contribution < 1.29 is 13.2 Å². The Morgan fingerprint density at radius 2 is 2.00 bits per heavy atom. The molecule has 0 aromatic heterocycles. The molecule has 0 spiro atoms. The van der Waals surface area contributed by atoms with Gasteiger partial charge in [0.25, 0.3) is 0 Å². The number of fused-ring (bicyclic) bond motifs is 1. The Morgan fingerprint density at radius 3 is 2.58 bits per heavy atom. The maximum atomic E-state index is 12.8. The molecule has 0 bridgehead atoms. The van der Waals surface area contributed by atoms with Crippen molar-refractivity contribution in [3.63, 3.8) is 0 Å². The number of amidine groups is 1. The predicted molar refractivity (Wildman–Crippen MR) is 94.3 cm³/mol. The van der Waals surface area contributed by atoms with Gasteiger partial charge in [-0.15, -0.1) is 0 Å². The Balaban J connectivity index is 1.74. The second kappa shape index (κ2) is 6.09. The average molecular weight is 356 g/mol. The molecule has 3 atom stereocenters. The van der Waals surface area contributed by atoms with Crippen molar-refractivity contribution in [3.8, 4) is 0 Å². The standard InChI is InChI=1S/C17H29N3O3S/c1-11(2)9-15-18-14-6-5-12(10-13(14)16(21)20(15)4)24(22,23)19-17(3)7-8-17/h11-14,19H,5-10H2,1-4H3. The Kier molecular flexibility index (Phi) is 4.53. The van der Waals surface area contributed by atoms with Crippen LogP contribution >= 0.6 is 0 Å². The summed E-state index contributed by atoms with van der Waals surface area (Å²) in [7, 11) is -1.61. The van der Waals surface area contributed by atoms with Gasteiger partial charge in [-0.3, -0.25) is 9.79 Å². The lowest BCUT2D eigenvalue weighted by molar-refractivity contribution is -0.133. The topological polar surface area (TPSA) is 78.8 Å². The summed E-state index contributed by atoms with van der Waals surface area (Å²) in [5.41, 5.74) is -0.258. The fourth-order valence-corrected chi connectivity index (χ4v) is 5.71. The van der Waals surface area contributed by atoms with Gasteiger partial charge in [0.05, 0.1) is 17.2 Å². The van der Waals surface area contributed by atoms with Gasteiger partial charge in [0, 0.05) is 19.0 Å². The summed E-state index contributed by atoms with van der Waals surface area (Å²) >= 11 is 0. The molecule has 2 fully saturated rings. The number of hydrogen-bond acceptors (Lipinski definition) is 4. The maximum absolute atomic E-state index is 12.8. The van der Waals surface area contributed by atoms with Crippen LogP contribution in [0.4, 0.5) is 0 Å². The molecule has 6 nitrogen and oxygen atoms in total. The molecule has 7 heteroatoms. The number of nitrogens with one attached hydrogen (secondary N) is 1. The first-order chi connectivity index (χ1) is 11.1. The van der Waals surface area contributed by atoms with Crippen molar-refractivity contribution in [1.29, 1.82) is 0 Å². The first-order valence-electron chi connectivity index (χ1n) is 8.98. The molecule has 3 rings (SSSR count). The SMILES string of the molecule is CC(C)CC1=NC2CCC(S(=O)(=O)NC3(C)CC3)CC2C(=O)N1C. The van der Waals surface area contributed by atoms with Crippen LogP contribution in [-0.2, 0) is 14.8 Å². The molecular formula is C17H29N3O3S. The van der Waals surface area contributed by atoms with Crippen LogP contribution in [0.2, 0.25) is 0 Å². The Bertz CT molecular complexity index is 652. The van der Waals surface area contributed by atoms with E-state index in [1.165, 1.54) is 0 Å². The number of nitrogens with zero attached hydrogens (tertiary/aromatic N) is 2. The normalized spacial score (nSPS) is 32.5. The number of hydrogen-bond donors (Lipinski definition) is 1. The van der Waals surface area contributed by atoms with Crippen LogP contribution in [0.25, 0.3) is 0 Å². The molecular weight excluding hydrogens is 326 g/mol. The second-order valence-electron chi connectivity index (χ2n) is 8.36. The zero-order valence-corrected chi connectivity index (χ0v) is 15.9. The van der Waals surface area contributed by atoms with Gasteiger partial charge in [-0.25, -0.2) is 13.1 Å². The van der Waals surface area contributed by atoms with E-state index < -0.39 is 15.3 Å². The molecule has 0 radical (unpaired) electrons. The van der Waals surface area contributed by atoms with Crippen molar-refractivity contribution in [2.75, 3.05) is 7.05 Å². The minimum atomic E-state index is -3.37. The number of rotatable bonds is 5. The molecule has 1 aliphatic heterocycles. The first kappa shape index (κ1) is 17.9. The van der Waals surface area contributed by atoms with Gasteiger partial charge in [0.15, 0.2) is 0 Å². The van der Waals surface area contributed by atoms with Gasteiger partial charge in [-0.1, -0.05) is 13.8 Å². The molecule has 1 heterocycles. The monoisotopic (exact) mass is 355 g/mol. The Morgan fingerprint density at radius 1 is 1.33 bits per heavy atom. The molecule has 3 unspecified atom stereocenters. The van der Waals surface area contributed by atoms with Crippen LogP contribution in [0.15, 0.2) is 4.99 Å².